The number of aryl methyl sites for hydroxylation is 1. The van der Waals surface area contributed by atoms with Gasteiger partial charge in [-0.25, -0.2) is 4.76 Å². The molecule has 0 atom stereocenters. The van der Waals surface area contributed by atoms with Crippen LogP contribution in [0.25, 0.3) is 0 Å². The maximum atomic E-state index is 7.50. The van der Waals surface area contributed by atoms with Gasteiger partial charge in [-0.2, -0.15) is 0 Å². The van der Waals surface area contributed by atoms with Gasteiger partial charge in [0.1, 0.15) is 8.73 Å². The van der Waals surface area contributed by atoms with E-state index < -0.39 is 0 Å². The Kier molecular flexibility index (Phi) is 34.6. The van der Waals surface area contributed by atoms with E-state index in [9.17, 15) is 0 Å². The molecular weight excluding hydrogens is 585 g/mol. The molecule has 31 heavy (non-hydrogen) atoms. The van der Waals surface area contributed by atoms with Crippen molar-refractivity contribution < 1.29 is 44.3 Å². The summed E-state index contributed by atoms with van der Waals surface area (Å²) in [5.41, 5.74) is 3.80. The predicted octanol–water partition coefficient (Wildman–Crippen LogP) is 5.40. The molecule has 0 N–H and O–H groups in total. The summed E-state index contributed by atoms with van der Waals surface area (Å²) in [4.78, 5) is 0. The van der Waals surface area contributed by atoms with Gasteiger partial charge < -0.3 is 0 Å². The van der Waals surface area contributed by atoms with E-state index in [1.165, 1.54) is 46.2 Å². The molecule has 160 valence electrons. The Bertz CT molecular complexity index is 615. The first-order chi connectivity index (χ1) is 14.4. The minimum Gasteiger partial charge on any atom is 0 e. The molecule has 0 amide bonds. The van der Waals surface area contributed by atoms with Crippen LogP contribution in [-0.2, 0) is 44.3 Å². The van der Waals surface area contributed by atoms with Crippen LogP contribution in [0.15, 0.2) is 29.0 Å². The molecule has 0 unspecified atom stereocenters. The van der Waals surface area contributed by atoms with Crippen LogP contribution in [0, 0.1) is 69.8 Å². The van der Waals surface area contributed by atoms with Crippen LogP contribution in [0.1, 0.15) is 45.7 Å². The molecule has 6 nitrogen and oxygen atoms in total. The molecule has 1 fully saturated rings. The fraction of sp³-hybridized carbons (Fsp3) is 0.261. The van der Waals surface area contributed by atoms with E-state index in [4.69, 9.17) is 23.3 Å². The smallest absolute Gasteiger partial charge is 0 e. The summed E-state index contributed by atoms with van der Waals surface area (Å²) in [6.45, 7) is 35.6. The zero-order chi connectivity index (χ0) is 24.9. The quantitative estimate of drug-likeness (QED) is 0.232. The van der Waals surface area contributed by atoms with Crippen LogP contribution in [0.5, 0.6) is 0 Å². The van der Waals surface area contributed by atoms with Crippen molar-refractivity contribution in [2.45, 2.75) is 41.5 Å². The third kappa shape index (κ3) is 16.1. The zero-order valence-electron chi connectivity index (χ0n) is 18.2. The van der Waals surface area contributed by atoms with Gasteiger partial charge >= 0.3 is 56.5 Å². The molecule has 0 saturated heterocycles. The fourth-order valence-electron chi connectivity index (χ4n) is 2.25. The molecule has 3 rings (SSSR count). The largest absolute Gasteiger partial charge is 0 e. The van der Waals surface area contributed by atoms with Crippen LogP contribution < -0.4 is 0 Å². The molecule has 0 bridgehead atoms. The third-order valence-electron chi connectivity index (χ3n) is 4.32. The van der Waals surface area contributed by atoms with Gasteiger partial charge in [-0.3, -0.25) is 0 Å². The second kappa shape index (κ2) is 26.7. The fourth-order valence-corrected chi connectivity index (χ4v) is 2.68. The van der Waals surface area contributed by atoms with Gasteiger partial charge in [0, 0.05) is 26.6 Å². The van der Waals surface area contributed by atoms with Gasteiger partial charge in [-0.1, -0.05) is 64.4 Å². The Hall–Kier alpha value is -1.29. The Morgan fingerprint density at radius 3 is 0.968 bits per heavy atom. The van der Waals surface area contributed by atoms with E-state index in [2.05, 4.69) is 104 Å². The minimum absolute atomic E-state index is 0. The number of nitrogens with zero attached hydrogens (tertiary/aromatic N) is 1. The maximum absolute atomic E-state index is 7.50. The van der Waals surface area contributed by atoms with Crippen molar-refractivity contribution in [3.05, 3.63) is 98.2 Å². The van der Waals surface area contributed by atoms with Crippen molar-refractivity contribution in [3.63, 3.8) is 0 Å². The summed E-state index contributed by atoms with van der Waals surface area (Å²) in [6.07, 6.45) is 0. The topological polar surface area (TPSA) is 112 Å². The molecular formula is C23H22NO5PW. The van der Waals surface area contributed by atoms with Crippen molar-refractivity contribution >= 4 is 14.2 Å². The van der Waals surface area contributed by atoms with Crippen molar-refractivity contribution in [3.8, 4) is 0 Å². The normalized spacial score (nSPS) is 15.0. The number of hydrogen-bond donors (Lipinski definition) is 0. The third-order valence-corrected chi connectivity index (χ3v) is 4.98. The zero-order valence-corrected chi connectivity index (χ0v) is 22.0. The summed E-state index contributed by atoms with van der Waals surface area (Å²) in [6, 6.07) is 8.47. The van der Waals surface area contributed by atoms with Crippen molar-refractivity contribution in [2.75, 3.05) is 0 Å². The predicted molar refractivity (Wildman–Crippen MR) is 109 cm³/mol. The SMILES string of the molecule is C[C]1[C](C)[C](C)[C](C)[C]1C.Cc1ccc(C2=N[P]2)cc1.[C-]#[O+].[C-]#[O+].[C-]#[O+].[C-]#[O+].[C-]#[O+].[W]. The van der Waals surface area contributed by atoms with Gasteiger partial charge in [-0.15, -0.1) is 0 Å². The number of rotatable bonds is 1. The van der Waals surface area contributed by atoms with Crippen molar-refractivity contribution in [2.24, 2.45) is 4.76 Å². The van der Waals surface area contributed by atoms with Gasteiger partial charge in [0.15, 0.2) is 0 Å². The Balaban J connectivity index is -0.000000102. The van der Waals surface area contributed by atoms with E-state index in [0.29, 0.717) is 0 Å². The average molecular weight is 607 g/mol. The molecule has 1 heterocycles. The summed E-state index contributed by atoms with van der Waals surface area (Å²) >= 11 is 0. The van der Waals surface area contributed by atoms with E-state index in [1.54, 1.807) is 0 Å². The van der Waals surface area contributed by atoms with Gasteiger partial charge in [0.25, 0.3) is 0 Å². The van der Waals surface area contributed by atoms with Crippen molar-refractivity contribution in [1.29, 1.82) is 0 Å². The summed E-state index contributed by atoms with van der Waals surface area (Å²) in [5.74, 6) is 7.34. The maximum Gasteiger partial charge on any atom is 0 e. The molecule has 8 heteroatoms. The number of benzene rings is 1. The molecule has 1 aliphatic carbocycles. The van der Waals surface area contributed by atoms with Crippen LogP contribution in [-0.4, -0.2) is 5.45 Å². The first-order valence-corrected chi connectivity index (χ1v) is 8.84. The average Bonchev–Trinajstić information content (AvgIpc) is 3.67. The van der Waals surface area contributed by atoms with E-state index in [1.807, 2.05) is 0 Å². The second-order valence-corrected chi connectivity index (χ2v) is 6.34. The molecule has 0 aromatic heterocycles. The number of hydrogen-bond acceptors (Lipinski definition) is 1. The molecule has 2 aliphatic rings. The van der Waals surface area contributed by atoms with Gasteiger partial charge in [0.05, 0.1) is 5.45 Å². The van der Waals surface area contributed by atoms with Crippen molar-refractivity contribution in [1.82, 2.24) is 0 Å². The molecule has 6 radical (unpaired) electrons. The second-order valence-electron chi connectivity index (χ2n) is 5.51. The van der Waals surface area contributed by atoms with Gasteiger partial charge in [-0.05, 0) is 36.5 Å². The molecule has 1 aromatic carbocycles. The Morgan fingerprint density at radius 2 is 0.774 bits per heavy atom. The van der Waals surface area contributed by atoms with E-state index >= 15 is 0 Å². The van der Waals surface area contributed by atoms with E-state index in [-0.39, 0.29) is 21.1 Å². The van der Waals surface area contributed by atoms with Crippen LogP contribution in [0.2, 0.25) is 0 Å². The molecule has 1 aliphatic heterocycles. The first-order valence-electron chi connectivity index (χ1n) is 7.99. The molecule has 1 aromatic rings. The van der Waals surface area contributed by atoms with Crippen LogP contribution in [0.4, 0.5) is 0 Å². The van der Waals surface area contributed by atoms with Crippen LogP contribution >= 0.6 is 8.73 Å². The summed E-state index contributed by atoms with van der Waals surface area (Å²) in [5, 5.41) is 0. The minimum atomic E-state index is 0. The van der Waals surface area contributed by atoms with Crippen LogP contribution in [0.3, 0.4) is 0 Å². The molecule has 1 saturated carbocycles. The molecule has 0 spiro atoms. The standard InChI is InChI=1S/C10H15.C8H7NP.5CO.W/c1-6-7(2)9(4)10(5)8(6)3;1-6-2-4-7(5-3-6)8-9-10-8;5*1-2;/h1-5H3;2-5H,1H3;;;;;;. The van der Waals surface area contributed by atoms with Gasteiger partial charge in [0.2, 0.25) is 0 Å². The summed E-state index contributed by atoms with van der Waals surface area (Å²) < 4.78 is 41.6. The summed E-state index contributed by atoms with van der Waals surface area (Å²) in [7, 11) is 1.15. The Labute approximate surface area is 202 Å². The van der Waals surface area contributed by atoms with E-state index in [0.717, 1.165) is 8.73 Å². The Morgan fingerprint density at radius 1 is 0.548 bits per heavy atom. The first kappa shape index (κ1) is 40.1. The monoisotopic (exact) mass is 607 g/mol.